The van der Waals surface area contributed by atoms with E-state index in [-0.39, 0.29) is 16.6 Å². The molecular formula is C12H17N3O4S. The van der Waals surface area contributed by atoms with Crippen LogP contribution < -0.4 is 16.0 Å². The number of nitrogens with one attached hydrogen (secondary N) is 3. The number of hydrogen-bond donors (Lipinski definition) is 3. The van der Waals surface area contributed by atoms with Crippen LogP contribution >= 0.6 is 0 Å². The molecule has 7 nitrogen and oxygen atoms in total. The summed E-state index contributed by atoms with van der Waals surface area (Å²) in [6, 6.07) is -0.0931. The maximum absolute atomic E-state index is 12.4. The van der Waals surface area contributed by atoms with Gasteiger partial charge >= 0.3 is 5.69 Å². The molecule has 0 amide bonds. The summed E-state index contributed by atoms with van der Waals surface area (Å²) in [7, 11) is -3.91. The van der Waals surface area contributed by atoms with Gasteiger partial charge in [-0.05, 0) is 38.0 Å². The van der Waals surface area contributed by atoms with Gasteiger partial charge in [0.25, 0.3) is 5.56 Å². The summed E-state index contributed by atoms with van der Waals surface area (Å²) in [6.45, 7) is 1.41. The zero-order valence-electron chi connectivity index (χ0n) is 11.1. The van der Waals surface area contributed by atoms with Crippen LogP contribution in [-0.2, 0) is 10.0 Å². The third-order valence-corrected chi connectivity index (χ3v) is 6.03. The van der Waals surface area contributed by atoms with E-state index >= 15 is 0 Å². The molecule has 1 heterocycles. The predicted octanol–water partition coefficient (Wildman–Crippen LogP) is -0.161. The highest BCUT2D eigenvalue weighted by atomic mass is 32.2. The molecule has 3 N–H and O–H groups in total. The fourth-order valence-electron chi connectivity index (χ4n) is 3.56. The van der Waals surface area contributed by atoms with Crippen LogP contribution in [0.3, 0.4) is 0 Å². The fourth-order valence-corrected chi connectivity index (χ4v) is 5.11. The Morgan fingerprint density at radius 1 is 1.15 bits per heavy atom. The molecule has 8 heteroatoms. The van der Waals surface area contributed by atoms with Gasteiger partial charge in [0.05, 0.1) is 0 Å². The smallest absolute Gasteiger partial charge is 0.310 e. The van der Waals surface area contributed by atoms with Gasteiger partial charge in [-0.1, -0.05) is 6.42 Å². The van der Waals surface area contributed by atoms with Crippen molar-refractivity contribution in [2.75, 3.05) is 0 Å². The molecule has 2 saturated carbocycles. The first-order valence-corrected chi connectivity index (χ1v) is 8.20. The van der Waals surface area contributed by atoms with Crippen molar-refractivity contribution in [3.05, 3.63) is 26.5 Å². The zero-order chi connectivity index (χ0) is 14.5. The summed E-state index contributed by atoms with van der Waals surface area (Å²) in [5.41, 5.74) is -1.51. The lowest BCUT2D eigenvalue weighted by molar-refractivity contribution is 0.390. The number of fused-ring (bicyclic) bond motifs is 2. The summed E-state index contributed by atoms with van der Waals surface area (Å²) in [6.07, 6.45) is 4.11. The first-order chi connectivity index (χ1) is 9.37. The van der Waals surface area contributed by atoms with Crippen molar-refractivity contribution in [3.8, 4) is 0 Å². The Hall–Kier alpha value is -1.41. The average molecular weight is 299 g/mol. The molecular weight excluding hydrogens is 282 g/mol. The van der Waals surface area contributed by atoms with E-state index in [0.717, 1.165) is 19.3 Å². The van der Waals surface area contributed by atoms with Crippen LogP contribution in [-0.4, -0.2) is 24.4 Å². The summed E-state index contributed by atoms with van der Waals surface area (Å²) in [4.78, 5) is 26.7. The van der Waals surface area contributed by atoms with Gasteiger partial charge in [0.1, 0.15) is 0 Å². The summed E-state index contributed by atoms with van der Waals surface area (Å²) < 4.78 is 27.4. The molecule has 1 aromatic heterocycles. The SMILES string of the molecule is Cc1[nH]c(=O)[nH]c(=O)c1S(=O)(=O)N[C@@H]1C[C@H]2CC[C@H]1C2. The Balaban J connectivity index is 1.93. The predicted molar refractivity (Wildman–Crippen MR) is 72.0 cm³/mol. The topological polar surface area (TPSA) is 112 Å². The van der Waals surface area contributed by atoms with E-state index in [0.29, 0.717) is 11.8 Å². The van der Waals surface area contributed by atoms with E-state index in [9.17, 15) is 18.0 Å². The van der Waals surface area contributed by atoms with E-state index in [2.05, 4.69) is 9.71 Å². The molecule has 0 radical (unpaired) electrons. The van der Waals surface area contributed by atoms with Crippen LogP contribution in [0.2, 0.25) is 0 Å². The van der Waals surface area contributed by atoms with E-state index < -0.39 is 21.3 Å². The van der Waals surface area contributed by atoms with Crippen molar-refractivity contribution in [1.29, 1.82) is 0 Å². The minimum atomic E-state index is -3.91. The van der Waals surface area contributed by atoms with Crippen LogP contribution in [0.25, 0.3) is 0 Å². The Kier molecular flexibility index (Phi) is 3.09. The molecule has 0 spiro atoms. The van der Waals surface area contributed by atoms with Gasteiger partial charge in [0.2, 0.25) is 10.0 Å². The van der Waals surface area contributed by atoms with Gasteiger partial charge in [0, 0.05) is 11.7 Å². The second-order valence-corrected chi connectivity index (χ2v) is 7.42. The lowest BCUT2D eigenvalue weighted by Gasteiger charge is -2.22. The molecule has 2 bridgehead atoms. The normalized spacial score (nSPS) is 28.9. The molecule has 0 saturated heterocycles. The molecule has 0 aromatic carbocycles. The number of rotatable bonds is 3. The van der Waals surface area contributed by atoms with Crippen molar-refractivity contribution >= 4 is 10.0 Å². The summed E-state index contributed by atoms with van der Waals surface area (Å²) in [5, 5.41) is 0. The standard InChI is InChI=1S/C12H17N3O4S/c1-6-10(11(16)14-12(17)13-6)20(18,19)15-9-5-7-2-3-8(9)4-7/h7-9,15H,2-5H2,1H3,(H2,13,14,16,17)/t7-,8-,9+/m0/s1. The Morgan fingerprint density at radius 3 is 2.45 bits per heavy atom. The Labute approximate surface area is 115 Å². The largest absolute Gasteiger partial charge is 0.325 e. The minimum Gasteiger partial charge on any atom is -0.310 e. The van der Waals surface area contributed by atoms with Crippen molar-refractivity contribution in [1.82, 2.24) is 14.7 Å². The lowest BCUT2D eigenvalue weighted by atomic mass is 9.96. The molecule has 2 fully saturated rings. The fraction of sp³-hybridized carbons (Fsp3) is 0.667. The maximum atomic E-state index is 12.4. The number of H-pyrrole nitrogens is 2. The molecule has 110 valence electrons. The second kappa shape index (κ2) is 4.56. The monoisotopic (exact) mass is 299 g/mol. The molecule has 2 aliphatic rings. The molecule has 2 aliphatic carbocycles. The number of aromatic nitrogens is 2. The molecule has 0 aliphatic heterocycles. The summed E-state index contributed by atoms with van der Waals surface area (Å²) in [5.74, 6) is 0.972. The van der Waals surface area contributed by atoms with Gasteiger partial charge in [-0.2, -0.15) is 0 Å². The molecule has 3 rings (SSSR count). The maximum Gasteiger partial charge on any atom is 0.325 e. The number of sulfonamides is 1. The summed E-state index contributed by atoms with van der Waals surface area (Å²) >= 11 is 0. The van der Waals surface area contributed by atoms with Gasteiger partial charge in [-0.3, -0.25) is 9.78 Å². The quantitative estimate of drug-likeness (QED) is 0.720. The zero-order valence-corrected chi connectivity index (χ0v) is 11.9. The van der Waals surface area contributed by atoms with Gasteiger partial charge in [-0.15, -0.1) is 0 Å². The van der Waals surface area contributed by atoms with Crippen LogP contribution in [0, 0.1) is 18.8 Å². The third-order valence-electron chi connectivity index (χ3n) is 4.39. The molecule has 0 unspecified atom stereocenters. The first-order valence-electron chi connectivity index (χ1n) is 6.72. The van der Waals surface area contributed by atoms with Crippen molar-refractivity contribution < 1.29 is 8.42 Å². The first kappa shape index (κ1) is 13.6. The van der Waals surface area contributed by atoms with Gasteiger partial charge in [-0.25, -0.2) is 17.9 Å². The van der Waals surface area contributed by atoms with E-state index in [1.54, 1.807) is 0 Å². The minimum absolute atomic E-state index is 0.0643. The van der Waals surface area contributed by atoms with Crippen LogP contribution in [0.4, 0.5) is 0 Å². The lowest BCUT2D eigenvalue weighted by Crippen LogP contribution is -2.42. The van der Waals surface area contributed by atoms with E-state index in [1.165, 1.54) is 13.3 Å². The van der Waals surface area contributed by atoms with Crippen LogP contribution in [0.15, 0.2) is 14.5 Å². The highest BCUT2D eigenvalue weighted by molar-refractivity contribution is 7.89. The van der Waals surface area contributed by atoms with Crippen LogP contribution in [0.5, 0.6) is 0 Å². The van der Waals surface area contributed by atoms with Crippen molar-refractivity contribution in [3.63, 3.8) is 0 Å². The second-order valence-electron chi connectivity index (χ2n) is 5.77. The Bertz CT molecular complexity index is 749. The highest BCUT2D eigenvalue weighted by Crippen LogP contribution is 2.44. The number of hydrogen-bond acceptors (Lipinski definition) is 4. The molecule has 20 heavy (non-hydrogen) atoms. The molecule has 3 atom stereocenters. The van der Waals surface area contributed by atoms with E-state index in [4.69, 9.17) is 0 Å². The average Bonchev–Trinajstić information content (AvgIpc) is 2.87. The van der Waals surface area contributed by atoms with Crippen molar-refractivity contribution in [2.24, 2.45) is 11.8 Å². The van der Waals surface area contributed by atoms with E-state index in [1.807, 2.05) is 4.98 Å². The molecule has 1 aromatic rings. The highest BCUT2D eigenvalue weighted by Gasteiger charge is 2.41. The number of aryl methyl sites for hydroxylation is 1. The third kappa shape index (κ3) is 2.22. The van der Waals surface area contributed by atoms with Crippen molar-refractivity contribution in [2.45, 2.75) is 43.5 Å². The Morgan fingerprint density at radius 2 is 1.90 bits per heavy atom. The van der Waals surface area contributed by atoms with Gasteiger partial charge in [0.15, 0.2) is 4.90 Å². The van der Waals surface area contributed by atoms with Gasteiger partial charge < -0.3 is 4.98 Å². The number of aromatic amines is 2. The van der Waals surface area contributed by atoms with Crippen LogP contribution in [0.1, 0.15) is 31.4 Å².